The Morgan fingerprint density at radius 3 is 2.82 bits per heavy atom. The van der Waals surface area contributed by atoms with Crippen molar-refractivity contribution in [3.63, 3.8) is 0 Å². The second-order valence-electron chi connectivity index (χ2n) is 3.50. The second kappa shape index (κ2) is 4.02. The minimum Gasteiger partial charge on any atom is -0.313 e. The van der Waals surface area contributed by atoms with Gasteiger partial charge in [0.2, 0.25) is 0 Å². The SMILES string of the molecule is CC(C)NCC1CC(F)CN1. The van der Waals surface area contributed by atoms with Gasteiger partial charge >= 0.3 is 0 Å². The molecule has 0 bridgehead atoms. The maximum absolute atomic E-state index is 12.6. The van der Waals surface area contributed by atoms with Gasteiger partial charge in [0.15, 0.2) is 0 Å². The zero-order valence-electron chi connectivity index (χ0n) is 7.23. The van der Waals surface area contributed by atoms with Gasteiger partial charge in [-0.3, -0.25) is 0 Å². The molecule has 2 unspecified atom stereocenters. The van der Waals surface area contributed by atoms with Crippen LogP contribution >= 0.6 is 0 Å². The predicted molar refractivity (Wildman–Crippen MR) is 44.4 cm³/mol. The molecule has 1 fully saturated rings. The Kier molecular flexibility index (Phi) is 3.27. The topological polar surface area (TPSA) is 24.1 Å². The third kappa shape index (κ3) is 3.16. The van der Waals surface area contributed by atoms with E-state index in [0.29, 0.717) is 25.0 Å². The molecule has 0 amide bonds. The van der Waals surface area contributed by atoms with Crippen LogP contribution in [0.15, 0.2) is 0 Å². The van der Waals surface area contributed by atoms with Crippen LogP contribution in [0.2, 0.25) is 0 Å². The molecule has 0 aliphatic carbocycles. The lowest BCUT2D eigenvalue weighted by Gasteiger charge is -2.13. The molecule has 2 nitrogen and oxygen atoms in total. The molecule has 0 aromatic carbocycles. The lowest BCUT2D eigenvalue weighted by molar-refractivity contribution is 0.353. The molecule has 1 rings (SSSR count). The number of nitrogens with one attached hydrogen (secondary N) is 2. The number of hydrogen-bond donors (Lipinski definition) is 2. The predicted octanol–water partition coefficient (Wildman–Crippen LogP) is 0.684. The minimum absolute atomic E-state index is 0.340. The number of hydrogen-bond acceptors (Lipinski definition) is 2. The number of alkyl halides is 1. The van der Waals surface area contributed by atoms with E-state index in [0.717, 1.165) is 6.54 Å². The fourth-order valence-electron chi connectivity index (χ4n) is 1.30. The summed E-state index contributed by atoms with van der Waals surface area (Å²) < 4.78 is 12.6. The highest BCUT2D eigenvalue weighted by Gasteiger charge is 2.22. The highest BCUT2D eigenvalue weighted by Crippen LogP contribution is 2.08. The van der Waals surface area contributed by atoms with E-state index in [1.54, 1.807) is 0 Å². The van der Waals surface area contributed by atoms with Crippen molar-refractivity contribution in [3.05, 3.63) is 0 Å². The Bertz CT molecular complexity index is 117. The second-order valence-corrected chi connectivity index (χ2v) is 3.50. The fraction of sp³-hybridized carbons (Fsp3) is 1.00. The summed E-state index contributed by atoms with van der Waals surface area (Å²) >= 11 is 0. The summed E-state index contributed by atoms with van der Waals surface area (Å²) in [7, 11) is 0. The van der Waals surface area contributed by atoms with Crippen molar-refractivity contribution in [2.75, 3.05) is 13.1 Å². The average molecular weight is 160 g/mol. The van der Waals surface area contributed by atoms with Crippen LogP contribution in [0, 0.1) is 0 Å². The van der Waals surface area contributed by atoms with Crippen LogP contribution in [-0.2, 0) is 0 Å². The largest absolute Gasteiger partial charge is 0.313 e. The summed E-state index contributed by atoms with van der Waals surface area (Å²) in [4.78, 5) is 0. The zero-order chi connectivity index (χ0) is 8.27. The summed E-state index contributed by atoms with van der Waals surface area (Å²) in [5.41, 5.74) is 0. The van der Waals surface area contributed by atoms with E-state index in [2.05, 4.69) is 24.5 Å². The quantitative estimate of drug-likeness (QED) is 0.634. The smallest absolute Gasteiger partial charge is 0.114 e. The molecule has 66 valence electrons. The normalized spacial score (nSPS) is 31.6. The van der Waals surface area contributed by atoms with Crippen molar-refractivity contribution in [1.82, 2.24) is 10.6 Å². The Balaban J connectivity index is 2.08. The standard InChI is InChI=1S/C8H17FN2/c1-6(2)10-5-8-3-7(9)4-11-8/h6-8,10-11H,3-5H2,1-2H3. The highest BCUT2D eigenvalue weighted by molar-refractivity contribution is 4.83. The van der Waals surface area contributed by atoms with Gasteiger partial charge in [0.05, 0.1) is 0 Å². The summed E-state index contributed by atoms with van der Waals surface area (Å²) in [6.07, 6.45) is 0.0358. The molecule has 3 heteroatoms. The first-order valence-corrected chi connectivity index (χ1v) is 4.29. The Morgan fingerprint density at radius 1 is 1.64 bits per heavy atom. The Morgan fingerprint density at radius 2 is 2.36 bits per heavy atom. The monoisotopic (exact) mass is 160 g/mol. The van der Waals surface area contributed by atoms with Gasteiger partial charge in [-0.25, -0.2) is 4.39 Å². The summed E-state index contributed by atoms with van der Waals surface area (Å²) in [6.45, 7) is 5.62. The third-order valence-corrected chi connectivity index (χ3v) is 1.94. The summed E-state index contributed by atoms with van der Waals surface area (Å²) in [6, 6.07) is 0.836. The first-order chi connectivity index (χ1) is 5.18. The third-order valence-electron chi connectivity index (χ3n) is 1.94. The number of halogens is 1. The maximum Gasteiger partial charge on any atom is 0.114 e. The van der Waals surface area contributed by atoms with E-state index < -0.39 is 6.17 Å². The summed E-state index contributed by atoms with van der Waals surface area (Å²) in [5, 5.41) is 6.40. The van der Waals surface area contributed by atoms with Crippen LogP contribution in [0.5, 0.6) is 0 Å². The van der Waals surface area contributed by atoms with Crippen LogP contribution in [0.3, 0.4) is 0 Å². The van der Waals surface area contributed by atoms with Gasteiger partial charge in [-0.05, 0) is 6.42 Å². The van der Waals surface area contributed by atoms with Crippen LogP contribution in [0.4, 0.5) is 4.39 Å². The Hall–Kier alpha value is -0.150. The molecule has 0 spiro atoms. The van der Waals surface area contributed by atoms with Crippen molar-refractivity contribution in [2.45, 2.75) is 38.5 Å². The van der Waals surface area contributed by atoms with Gasteiger partial charge in [0.1, 0.15) is 6.17 Å². The molecule has 2 N–H and O–H groups in total. The molecular formula is C8H17FN2. The molecule has 0 aromatic rings. The van der Waals surface area contributed by atoms with Gasteiger partial charge in [-0.15, -0.1) is 0 Å². The fourth-order valence-corrected chi connectivity index (χ4v) is 1.30. The van der Waals surface area contributed by atoms with E-state index in [-0.39, 0.29) is 0 Å². The molecule has 1 heterocycles. The van der Waals surface area contributed by atoms with Gasteiger partial charge < -0.3 is 10.6 Å². The van der Waals surface area contributed by atoms with Crippen LogP contribution in [0.1, 0.15) is 20.3 Å². The van der Waals surface area contributed by atoms with Crippen molar-refractivity contribution >= 4 is 0 Å². The van der Waals surface area contributed by atoms with E-state index in [9.17, 15) is 4.39 Å². The van der Waals surface area contributed by atoms with E-state index in [1.807, 2.05) is 0 Å². The van der Waals surface area contributed by atoms with E-state index in [1.165, 1.54) is 0 Å². The van der Waals surface area contributed by atoms with Gasteiger partial charge in [-0.1, -0.05) is 13.8 Å². The van der Waals surface area contributed by atoms with E-state index >= 15 is 0 Å². The molecule has 0 aromatic heterocycles. The van der Waals surface area contributed by atoms with Gasteiger partial charge in [-0.2, -0.15) is 0 Å². The Labute approximate surface area is 67.6 Å². The van der Waals surface area contributed by atoms with E-state index in [4.69, 9.17) is 0 Å². The van der Waals surface area contributed by atoms with Gasteiger partial charge in [0, 0.05) is 25.2 Å². The molecule has 1 aliphatic rings. The van der Waals surface area contributed by atoms with Crippen LogP contribution in [-0.4, -0.2) is 31.3 Å². The maximum atomic E-state index is 12.6. The lowest BCUT2D eigenvalue weighted by Crippen LogP contribution is -2.37. The van der Waals surface area contributed by atoms with Crippen molar-refractivity contribution in [1.29, 1.82) is 0 Å². The molecule has 2 atom stereocenters. The van der Waals surface area contributed by atoms with Crippen LogP contribution < -0.4 is 10.6 Å². The molecular weight excluding hydrogens is 143 g/mol. The molecule has 11 heavy (non-hydrogen) atoms. The van der Waals surface area contributed by atoms with Crippen molar-refractivity contribution in [3.8, 4) is 0 Å². The minimum atomic E-state index is -0.631. The van der Waals surface area contributed by atoms with Crippen molar-refractivity contribution < 1.29 is 4.39 Å². The molecule has 1 saturated heterocycles. The van der Waals surface area contributed by atoms with Crippen molar-refractivity contribution in [2.24, 2.45) is 0 Å². The first-order valence-electron chi connectivity index (χ1n) is 4.29. The summed E-state index contributed by atoms with van der Waals surface area (Å²) in [5.74, 6) is 0. The average Bonchev–Trinajstić information content (AvgIpc) is 2.31. The molecule has 0 saturated carbocycles. The number of rotatable bonds is 3. The first kappa shape index (κ1) is 8.94. The van der Waals surface area contributed by atoms with Gasteiger partial charge in [0.25, 0.3) is 0 Å². The molecule has 0 radical (unpaired) electrons. The lowest BCUT2D eigenvalue weighted by atomic mass is 10.2. The molecule has 1 aliphatic heterocycles. The van der Waals surface area contributed by atoms with Crippen LogP contribution in [0.25, 0.3) is 0 Å². The zero-order valence-corrected chi connectivity index (χ0v) is 7.23. The highest BCUT2D eigenvalue weighted by atomic mass is 19.1.